The minimum Gasteiger partial charge on any atom is -0.481 e. The maximum atomic E-state index is 12.3. The maximum absolute atomic E-state index is 12.3. The molecule has 0 bridgehead atoms. The Labute approximate surface area is 201 Å². The van der Waals surface area contributed by atoms with Gasteiger partial charge in [-0.2, -0.15) is 0 Å². The van der Waals surface area contributed by atoms with Gasteiger partial charge >= 0.3 is 5.97 Å². The Morgan fingerprint density at radius 1 is 1.15 bits per heavy atom. The van der Waals surface area contributed by atoms with Crippen LogP contribution >= 0.6 is 11.6 Å². The Bertz CT molecular complexity index is 961. The van der Waals surface area contributed by atoms with Gasteiger partial charge in [-0.15, -0.1) is 0 Å². The van der Waals surface area contributed by atoms with Gasteiger partial charge < -0.3 is 15.1 Å². The van der Waals surface area contributed by atoms with E-state index in [-0.39, 0.29) is 18.4 Å². The van der Waals surface area contributed by atoms with Gasteiger partial charge in [0.05, 0.1) is 6.10 Å². The van der Waals surface area contributed by atoms with Crippen LogP contribution in [-0.2, 0) is 9.59 Å². The minimum absolute atomic E-state index is 0.174. The average Bonchev–Trinajstić information content (AvgIpc) is 3.13. The van der Waals surface area contributed by atoms with E-state index >= 15 is 0 Å². The lowest BCUT2D eigenvalue weighted by atomic mass is 9.95. The monoisotopic (exact) mass is 471 g/mol. The fraction of sp³-hybridized carbons (Fsp3) is 0.481. The first-order chi connectivity index (χ1) is 15.8. The second-order valence-electron chi connectivity index (χ2n) is 9.02. The van der Waals surface area contributed by atoms with E-state index in [1.807, 2.05) is 54.3 Å². The number of aliphatic hydroxyl groups excluding tert-OH is 1. The van der Waals surface area contributed by atoms with E-state index in [2.05, 4.69) is 0 Å². The smallest absolute Gasteiger partial charge is 0.303 e. The highest BCUT2D eigenvalue weighted by atomic mass is 35.5. The molecule has 1 unspecified atom stereocenters. The molecular formula is C27H34ClNO4. The lowest BCUT2D eigenvalue weighted by Gasteiger charge is -2.26. The van der Waals surface area contributed by atoms with E-state index in [4.69, 9.17) is 16.7 Å². The lowest BCUT2D eigenvalue weighted by Crippen LogP contribution is -2.34. The highest BCUT2D eigenvalue weighted by molar-refractivity contribution is 6.30. The number of hydrogen-bond acceptors (Lipinski definition) is 3. The highest BCUT2D eigenvalue weighted by Crippen LogP contribution is 2.31. The van der Waals surface area contributed by atoms with Crippen molar-refractivity contribution in [3.05, 3.63) is 58.6 Å². The van der Waals surface area contributed by atoms with Crippen LogP contribution in [0.25, 0.3) is 11.1 Å². The van der Waals surface area contributed by atoms with Crippen molar-refractivity contribution in [2.24, 2.45) is 0 Å². The highest BCUT2D eigenvalue weighted by Gasteiger charge is 2.30. The summed E-state index contributed by atoms with van der Waals surface area (Å²) >= 11 is 6.09. The summed E-state index contributed by atoms with van der Waals surface area (Å²) in [5, 5.41) is 20.3. The predicted molar refractivity (Wildman–Crippen MR) is 131 cm³/mol. The maximum Gasteiger partial charge on any atom is 0.303 e. The third-order valence-electron chi connectivity index (χ3n) is 6.54. The van der Waals surface area contributed by atoms with Gasteiger partial charge in [0, 0.05) is 30.5 Å². The van der Waals surface area contributed by atoms with Crippen LogP contribution in [0.3, 0.4) is 0 Å². The lowest BCUT2D eigenvalue weighted by molar-refractivity contribution is -0.137. The number of aliphatic carboxylic acids is 1. The number of likely N-dealkylation sites (tertiary alicyclic amines) is 1. The summed E-state index contributed by atoms with van der Waals surface area (Å²) in [6.07, 6.45) is 5.82. The number of aliphatic hydroxyl groups is 1. The molecule has 0 saturated carbocycles. The molecule has 178 valence electrons. The molecule has 1 aliphatic heterocycles. The van der Waals surface area contributed by atoms with Crippen LogP contribution in [0.4, 0.5) is 0 Å². The minimum atomic E-state index is -0.753. The van der Waals surface area contributed by atoms with E-state index in [1.165, 1.54) is 0 Å². The van der Waals surface area contributed by atoms with Crippen molar-refractivity contribution in [2.45, 2.75) is 76.9 Å². The molecule has 1 aliphatic rings. The number of unbranched alkanes of at least 4 members (excludes halogenated alkanes) is 3. The first-order valence-corrected chi connectivity index (χ1v) is 12.3. The fourth-order valence-electron chi connectivity index (χ4n) is 4.69. The fourth-order valence-corrected chi connectivity index (χ4v) is 4.92. The van der Waals surface area contributed by atoms with Crippen molar-refractivity contribution in [1.82, 2.24) is 4.90 Å². The number of hydrogen-bond donors (Lipinski definition) is 2. The number of carbonyl (C=O) groups excluding carboxylic acids is 1. The van der Waals surface area contributed by atoms with E-state index in [9.17, 15) is 14.7 Å². The molecule has 2 N–H and O–H groups in total. The number of amides is 1. The molecule has 0 spiro atoms. The molecule has 5 nitrogen and oxygen atoms in total. The number of halogens is 1. The van der Waals surface area contributed by atoms with Crippen molar-refractivity contribution in [3.63, 3.8) is 0 Å². The Balaban J connectivity index is 1.52. The van der Waals surface area contributed by atoms with Gasteiger partial charge in [0.15, 0.2) is 0 Å². The number of carboxylic acid groups (broad SMARTS) is 1. The molecule has 1 saturated heterocycles. The van der Waals surface area contributed by atoms with Crippen molar-refractivity contribution < 1.29 is 19.8 Å². The van der Waals surface area contributed by atoms with Gasteiger partial charge in [-0.25, -0.2) is 0 Å². The van der Waals surface area contributed by atoms with Gasteiger partial charge in [0.2, 0.25) is 5.91 Å². The van der Waals surface area contributed by atoms with Gasteiger partial charge in [-0.1, -0.05) is 48.7 Å². The first-order valence-electron chi connectivity index (χ1n) is 11.9. The Kier molecular flexibility index (Phi) is 9.33. The van der Waals surface area contributed by atoms with Crippen LogP contribution in [0, 0.1) is 6.92 Å². The second kappa shape index (κ2) is 12.2. The van der Waals surface area contributed by atoms with Crippen LogP contribution in [0.15, 0.2) is 42.5 Å². The molecule has 33 heavy (non-hydrogen) atoms. The standard InChI is InChI=1S/C27H34ClNO4/c1-19-17-22(28)10-13-24(19)20-7-6-8-21(18-20)25(30)14-11-23-12-15-26(31)29(23)16-5-3-2-4-9-27(32)33/h6-8,10,13,17-18,23,25,30H,2-5,9,11-12,14-16H2,1H3,(H,32,33)/t23-,25?/m1/s1. The molecule has 0 radical (unpaired) electrons. The topological polar surface area (TPSA) is 77.8 Å². The summed E-state index contributed by atoms with van der Waals surface area (Å²) in [5.74, 6) is -0.558. The summed E-state index contributed by atoms with van der Waals surface area (Å²) in [7, 11) is 0. The molecule has 6 heteroatoms. The molecule has 2 atom stereocenters. The van der Waals surface area contributed by atoms with Gasteiger partial charge in [-0.3, -0.25) is 9.59 Å². The van der Waals surface area contributed by atoms with Crippen molar-refractivity contribution in [1.29, 1.82) is 0 Å². The third-order valence-corrected chi connectivity index (χ3v) is 6.77. The van der Waals surface area contributed by atoms with Gasteiger partial charge in [-0.05, 0) is 79.5 Å². The number of rotatable bonds is 12. The summed E-state index contributed by atoms with van der Waals surface area (Å²) in [4.78, 5) is 24.9. The number of benzene rings is 2. The predicted octanol–water partition coefficient (Wildman–Crippen LogP) is 6.16. The third kappa shape index (κ3) is 7.31. The molecular weight excluding hydrogens is 438 g/mol. The van der Waals surface area contributed by atoms with Crippen LogP contribution in [0.1, 0.15) is 75.0 Å². The zero-order valence-corrected chi connectivity index (χ0v) is 20.1. The largest absolute Gasteiger partial charge is 0.481 e. The Morgan fingerprint density at radius 3 is 2.70 bits per heavy atom. The molecule has 1 fully saturated rings. The van der Waals surface area contributed by atoms with Crippen molar-refractivity contribution >= 4 is 23.5 Å². The van der Waals surface area contributed by atoms with Gasteiger partial charge in [0.25, 0.3) is 0 Å². The van der Waals surface area contributed by atoms with Crippen molar-refractivity contribution in [3.8, 4) is 11.1 Å². The van der Waals surface area contributed by atoms with E-state index < -0.39 is 12.1 Å². The molecule has 1 amide bonds. The Hall–Kier alpha value is -2.37. The summed E-state index contributed by atoms with van der Waals surface area (Å²) < 4.78 is 0. The molecule has 2 aromatic carbocycles. The zero-order valence-electron chi connectivity index (χ0n) is 19.3. The van der Waals surface area contributed by atoms with Crippen molar-refractivity contribution in [2.75, 3.05) is 6.54 Å². The van der Waals surface area contributed by atoms with E-state index in [0.29, 0.717) is 24.3 Å². The molecule has 2 aromatic rings. The number of nitrogens with zero attached hydrogens (tertiary/aromatic N) is 1. The number of carbonyl (C=O) groups is 2. The average molecular weight is 472 g/mol. The molecule has 0 aromatic heterocycles. The van der Waals surface area contributed by atoms with E-state index in [0.717, 1.165) is 60.9 Å². The van der Waals surface area contributed by atoms with Crippen LogP contribution < -0.4 is 0 Å². The molecule has 1 heterocycles. The first kappa shape index (κ1) is 25.3. The van der Waals surface area contributed by atoms with Crippen LogP contribution in [-0.4, -0.2) is 39.6 Å². The summed E-state index contributed by atoms with van der Waals surface area (Å²) in [5.41, 5.74) is 4.14. The van der Waals surface area contributed by atoms with Crippen LogP contribution in [0.2, 0.25) is 5.02 Å². The quantitative estimate of drug-likeness (QED) is 0.363. The second-order valence-corrected chi connectivity index (χ2v) is 9.45. The normalized spacial score (nSPS) is 16.9. The number of aryl methyl sites for hydroxylation is 1. The Morgan fingerprint density at radius 2 is 1.94 bits per heavy atom. The summed E-state index contributed by atoms with van der Waals surface area (Å²) in [6.45, 7) is 2.75. The van der Waals surface area contributed by atoms with Crippen LogP contribution in [0.5, 0.6) is 0 Å². The van der Waals surface area contributed by atoms with Gasteiger partial charge in [0.1, 0.15) is 0 Å². The molecule has 0 aliphatic carbocycles. The number of carboxylic acids is 1. The summed E-state index contributed by atoms with van der Waals surface area (Å²) in [6, 6.07) is 14.0. The SMILES string of the molecule is Cc1cc(Cl)ccc1-c1cccc(C(O)CC[C@@H]2CCC(=O)N2CCCCCCC(=O)O)c1. The molecule has 3 rings (SSSR count). The van der Waals surface area contributed by atoms with E-state index in [1.54, 1.807) is 0 Å². The zero-order chi connectivity index (χ0) is 23.8.